The van der Waals surface area contributed by atoms with Gasteiger partial charge in [0.2, 0.25) is 0 Å². The molecule has 0 fully saturated rings. The standard InChI is InChI=1S/C10H19ClN4/c1-4-15-10(13-7-14-15)6-12-5-9(11)8(2)3/h7-9,12H,4-6H2,1-3H3. The molecule has 1 unspecified atom stereocenters. The summed E-state index contributed by atoms with van der Waals surface area (Å²) in [4.78, 5) is 4.17. The molecule has 0 bridgehead atoms. The summed E-state index contributed by atoms with van der Waals surface area (Å²) in [5.74, 6) is 1.45. The molecule has 0 aliphatic rings. The second-order valence-electron chi connectivity index (χ2n) is 3.88. The highest BCUT2D eigenvalue weighted by Gasteiger charge is 2.09. The molecule has 0 radical (unpaired) electrons. The third kappa shape index (κ3) is 3.80. The zero-order valence-corrected chi connectivity index (χ0v) is 10.3. The van der Waals surface area contributed by atoms with E-state index < -0.39 is 0 Å². The summed E-state index contributed by atoms with van der Waals surface area (Å²) in [7, 11) is 0. The first kappa shape index (κ1) is 12.5. The van der Waals surface area contributed by atoms with Crippen LogP contribution < -0.4 is 5.32 Å². The number of halogens is 1. The average Bonchev–Trinajstić information content (AvgIpc) is 2.65. The van der Waals surface area contributed by atoms with Gasteiger partial charge in [0.15, 0.2) is 0 Å². The van der Waals surface area contributed by atoms with Gasteiger partial charge in [-0.1, -0.05) is 13.8 Å². The van der Waals surface area contributed by atoms with Gasteiger partial charge in [0, 0.05) is 18.5 Å². The number of nitrogens with zero attached hydrogens (tertiary/aromatic N) is 3. The smallest absolute Gasteiger partial charge is 0.140 e. The molecule has 0 aromatic carbocycles. The van der Waals surface area contributed by atoms with E-state index >= 15 is 0 Å². The van der Waals surface area contributed by atoms with E-state index in [1.165, 1.54) is 0 Å². The lowest BCUT2D eigenvalue weighted by Gasteiger charge is -2.13. The summed E-state index contributed by atoms with van der Waals surface area (Å²) in [6, 6.07) is 0. The third-order valence-electron chi connectivity index (χ3n) is 2.34. The fourth-order valence-corrected chi connectivity index (χ4v) is 1.36. The van der Waals surface area contributed by atoms with Crippen LogP contribution in [0.2, 0.25) is 0 Å². The lowest BCUT2D eigenvalue weighted by Crippen LogP contribution is -2.27. The fraction of sp³-hybridized carbons (Fsp3) is 0.800. The van der Waals surface area contributed by atoms with E-state index in [2.05, 4.69) is 36.2 Å². The quantitative estimate of drug-likeness (QED) is 0.756. The SMILES string of the molecule is CCn1ncnc1CNCC(Cl)C(C)C. The van der Waals surface area contributed by atoms with Crippen LogP contribution >= 0.6 is 11.6 Å². The van der Waals surface area contributed by atoms with Gasteiger partial charge in [0.1, 0.15) is 12.2 Å². The van der Waals surface area contributed by atoms with Gasteiger partial charge in [0.05, 0.1) is 6.54 Å². The van der Waals surface area contributed by atoms with E-state index in [1.807, 2.05) is 4.68 Å². The predicted molar refractivity (Wildman–Crippen MR) is 61.9 cm³/mol. The summed E-state index contributed by atoms with van der Waals surface area (Å²) < 4.78 is 1.88. The van der Waals surface area contributed by atoms with Crippen LogP contribution in [-0.2, 0) is 13.1 Å². The van der Waals surface area contributed by atoms with Crippen molar-refractivity contribution in [2.75, 3.05) is 6.54 Å². The molecule has 1 heterocycles. The highest BCUT2D eigenvalue weighted by Crippen LogP contribution is 2.07. The van der Waals surface area contributed by atoms with Crippen LogP contribution in [0.25, 0.3) is 0 Å². The van der Waals surface area contributed by atoms with Gasteiger partial charge in [-0.05, 0) is 12.8 Å². The third-order valence-corrected chi connectivity index (χ3v) is 3.00. The number of nitrogens with one attached hydrogen (secondary N) is 1. The van der Waals surface area contributed by atoms with E-state index in [0.29, 0.717) is 5.92 Å². The highest BCUT2D eigenvalue weighted by atomic mass is 35.5. The lowest BCUT2D eigenvalue weighted by molar-refractivity contribution is 0.522. The maximum Gasteiger partial charge on any atom is 0.140 e. The van der Waals surface area contributed by atoms with Crippen molar-refractivity contribution in [3.05, 3.63) is 12.2 Å². The van der Waals surface area contributed by atoms with Crippen LogP contribution in [0.4, 0.5) is 0 Å². The number of hydrogen-bond acceptors (Lipinski definition) is 3. The van der Waals surface area contributed by atoms with Crippen molar-refractivity contribution in [3.63, 3.8) is 0 Å². The molecule has 5 heteroatoms. The molecule has 1 N–H and O–H groups in total. The monoisotopic (exact) mass is 230 g/mol. The molecule has 1 aromatic rings. The molecule has 86 valence electrons. The second kappa shape index (κ2) is 6.08. The van der Waals surface area contributed by atoms with Gasteiger partial charge < -0.3 is 5.32 Å². The zero-order chi connectivity index (χ0) is 11.3. The fourth-order valence-electron chi connectivity index (χ4n) is 1.25. The minimum atomic E-state index is 0.169. The van der Waals surface area contributed by atoms with Crippen LogP contribution in [0.15, 0.2) is 6.33 Å². The molecule has 0 spiro atoms. The van der Waals surface area contributed by atoms with Crippen molar-refractivity contribution in [1.29, 1.82) is 0 Å². The Bertz CT molecular complexity index is 285. The molecular formula is C10H19ClN4. The molecule has 1 rings (SSSR count). The Kier molecular flexibility index (Phi) is 5.05. The summed E-state index contributed by atoms with van der Waals surface area (Å²) in [6.45, 7) is 8.67. The Morgan fingerprint density at radius 2 is 2.27 bits per heavy atom. The van der Waals surface area contributed by atoms with Crippen molar-refractivity contribution in [1.82, 2.24) is 20.1 Å². The molecule has 4 nitrogen and oxygen atoms in total. The molecular weight excluding hydrogens is 212 g/mol. The largest absolute Gasteiger partial charge is 0.308 e. The number of rotatable bonds is 6. The zero-order valence-electron chi connectivity index (χ0n) is 9.57. The van der Waals surface area contributed by atoms with Crippen LogP contribution in [0, 0.1) is 5.92 Å². The predicted octanol–water partition coefficient (Wildman–Crippen LogP) is 1.65. The van der Waals surface area contributed by atoms with Crippen molar-refractivity contribution >= 4 is 11.6 Å². The first-order valence-corrected chi connectivity index (χ1v) is 5.80. The summed E-state index contributed by atoms with van der Waals surface area (Å²) in [5, 5.41) is 7.56. The Morgan fingerprint density at radius 3 is 2.87 bits per heavy atom. The van der Waals surface area contributed by atoms with E-state index in [4.69, 9.17) is 11.6 Å². The topological polar surface area (TPSA) is 42.7 Å². The normalized spacial score (nSPS) is 13.4. The second-order valence-corrected chi connectivity index (χ2v) is 4.44. The van der Waals surface area contributed by atoms with Gasteiger partial charge >= 0.3 is 0 Å². The Labute approximate surface area is 96.0 Å². The maximum absolute atomic E-state index is 6.12. The van der Waals surface area contributed by atoms with E-state index in [9.17, 15) is 0 Å². The van der Waals surface area contributed by atoms with E-state index in [-0.39, 0.29) is 5.38 Å². The van der Waals surface area contributed by atoms with E-state index in [1.54, 1.807) is 6.33 Å². The molecule has 0 saturated heterocycles. The van der Waals surface area contributed by atoms with Crippen LogP contribution in [0.3, 0.4) is 0 Å². The minimum Gasteiger partial charge on any atom is -0.308 e. The summed E-state index contributed by atoms with van der Waals surface area (Å²) in [5.41, 5.74) is 0. The first-order chi connectivity index (χ1) is 7.15. The van der Waals surface area contributed by atoms with Crippen molar-refractivity contribution in [2.45, 2.75) is 39.2 Å². The lowest BCUT2D eigenvalue weighted by atomic mass is 10.1. The van der Waals surface area contributed by atoms with Gasteiger partial charge in [-0.3, -0.25) is 0 Å². The van der Waals surface area contributed by atoms with Crippen LogP contribution in [0.5, 0.6) is 0 Å². The van der Waals surface area contributed by atoms with Gasteiger partial charge in [-0.15, -0.1) is 11.6 Å². The molecule has 0 amide bonds. The number of aryl methyl sites for hydroxylation is 1. The van der Waals surface area contributed by atoms with Crippen molar-refractivity contribution in [3.8, 4) is 0 Å². The van der Waals surface area contributed by atoms with Crippen LogP contribution in [0.1, 0.15) is 26.6 Å². The van der Waals surface area contributed by atoms with E-state index in [0.717, 1.165) is 25.5 Å². The number of aromatic nitrogens is 3. The first-order valence-electron chi connectivity index (χ1n) is 5.36. The van der Waals surface area contributed by atoms with Gasteiger partial charge in [0.25, 0.3) is 0 Å². The number of alkyl halides is 1. The molecule has 0 saturated carbocycles. The maximum atomic E-state index is 6.12. The van der Waals surface area contributed by atoms with Crippen molar-refractivity contribution < 1.29 is 0 Å². The van der Waals surface area contributed by atoms with Crippen molar-refractivity contribution in [2.24, 2.45) is 5.92 Å². The van der Waals surface area contributed by atoms with Gasteiger partial charge in [-0.25, -0.2) is 9.67 Å². The molecule has 1 atom stereocenters. The van der Waals surface area contributed by atoms with Crippen LogP contribution in [-0.4, -0.2) is 26.7 Å². The summed E-state index contributed by atoms with van der Waals surface area (Å²) in [6.07, 6.45) is 1.58. The molecule has 0 aliphatic carbocycles. The Balaban J connectivity index is 2.31. The minimum absolute atomic E-state index is 0.169. The Morgan fingerprint density at radius 1 is 1.53 bits per heavy atom. The summed E-state index contributed by atoms with van der Waals surface area (Å²) >= 11 is 6.12. The Hall–Kier alpha value is -0.610. The number of hydrogen-bond donors (Lipinski definition) is 1. The van der Waals surface area contributed by atoms with Gasteiger partial charge in [-0.2, -0.15) is 5.10 Å². The molecule has 1 aromatic heterocycles. The molecule has 15 heavy (non-hydrogen) atoms. The highest BCUT2D eigenvalue weighted by molar-refractivity contribution is 6.20. The molecule has 0 aliphatic heterocycles. The average molecular weight is 231 g/mol.